The molecule has 0 aliphatic heterocycles. The van der Waals surface area contributed by atoms with Gasteiger partial charge in [-0.25, -0.2) is 0 Å². The Kier molecular flexibility index (Phi) is 2.40. The van der Waals surface area contributed by atoms with E-state index in [9.17, 15) is 0 Å². The molecule has 0 bridgehead atoms. The Balaban J connectivity index is 2.33. The molecular formula is C9H10N6. The summed E-state index contributed by atoms with van der Waals surface area (Å²) < 4.78 is 0. The first-order valence-corrected chi connectivity index (χ1v) is 4.42. The first-order chi connectivity index (χ1) is 7.27. The van der Waals surface area contributed by atoms with E-state index in [4.69, 9.17) is 5.73 Å². The van der Waals surface area contributed by atoms with Gasteiger partial charge in [-0.3, -0.25) is 0 Å². The third-order valence-corrected chi connectivity index (χ3v) is 1.91. The van der Waals surface area contributed by atoms with Gasteiger partial charge >= 0.3 is 0 Å². The number of anilines is 1. The van der Waals surface area contributed by atoms with Crippen LogP contribution >= 0.6 is 0 Å². The summed E-state index contributed by atoms with van der Waals surface area (Å²) in [5.74, 6) is 0.172. The largest absolute Gasteiger partial charge is 0.365 e. The van der Waals surface area contributed by atoms with Crippen molar-refractivity contribution in [2.75, 3.05) is 5.73 Å². The number of tetrazole rings is 1. The molecule has 0 aliphatic carbocycles. The zero-order valence-electron chi connectivity index (χ0n) is 8.20. The highest BCUT2D eigenvalue weighted by molar-refractivity contribution is 5.98. The normalized spacial score (nSPS) is 11.7. The molecule has 0 amide bonds. The van der Waals surface area contributed by atoms with Crippen LogP contribution < -0.4 is 5.73 Å². The lowest BCUT2D eigenvalue weighted by Gasteiger charge is -1.99. The molecule has 6 heteroatoms. The van der Waals surface area contributed by atoms with Crippen molar-refractivity contribution < 1.29 is 0 Å². The van der Waals surface area contributed by atoms with Crippen molar-refractivity contribution in [3.63, 3.8) is 0 Å². The maximum absolute atomic E-state index is 5.49. The van der Waals surface area contributed by atoms with E-state index in [-0.39, 0.29) is 5.95 Å². The van der Waals surface area contributed by atoms with Crippen LogP contribution in [0.1, 0.15) is 12.5 Å². The number of benzene rings is 1. The van der Waals surface area contributed by atoms with Gasteiger partial charge in [-0.05, 0) is 22.9 Å². The van der Waals surface area contributed by atoms with Gasteiger partial charge in [-0.15, -0.1) is 0 Å². The molecule has 1 aromatic carbocycles. The number of nitrogens with two attached hydrogens (primary N) is 1. The second kappa shape index (κ2) is 3.87. The van der Waals surface area contributed by atoms with E-state index >= 15 is 0 Å². The molecule has 1 aromatic heterocycles. The Labute approximate surface area is 86.4 Å². The van der Waals surface area contributed by atoms with Crippen LogP contribution in [0.15, 0.2) is 35.4 Å². The minimum absolute atomic E-state index is 0.172. The van der Waals surface area contributed by atoms with Gasteiger partial charge in [0, 0.05) is 0 Å². The molecule has 6 nitrogen and oxygen atoms in total. The summed E-state index contributed by atoms with van der Waals surface area (Å²) in [7, 11) is 0. The molecule has 1 heterocycles. The molecule has 2 N–H and O–H groups in total. The van der Waals surface area contributed by atoms with Gasteiger partial charge in [0.15, 0.2) is 0 Å². The summed E-state index contributed by atoms with van der Waals surface area (Å²) in [5, 5.41) is 14.7. The van der Waals surface area contributed by atoms with Crippen LogP contribution in [0.2, 0.25) is 0 Å². The van der Waals surface area contributed by atoms with Gasteiger partial charge in [0.2, 0.25) is 0 Å². The summed E-state index contributed by atoms with van der Waals surface area (Å²) >= 11 is 0. The smallest absolute Gasteiger partial charge is 0.263 e. The lowest BCUT2D eigenvalue weighted by Crippen LogP contribution is -2.04. The highest BCUT2D eigenvalue weighted by Gasteiger charge is 2.00. The molecule has 0 saturated heterocycles. The summed E-state index contributed by atoms with van der Waals surface area (Å²) in [6, 6.07) is 9.75. The lowest BCUT2D eigenvalue weighted by atomic mass is 10.1. The molecule has 0 spiro atoms. The number of hydrogen-bond donors (Lipinski definition) is 1. The highest BCUT2D eigenvalue weighted by atomic mass is 15.7. The molecule has 0 saturated carbocycles. The Morgan fingerprint density at radius 3 is 2.67 bits per heavy atom. The van der Waals surface area contributed by atoms with Crippen molar-refractivity contribution in [3.05, 3.63) is 35.9 Å². The van der Waals surface area contributed by atoms with Gasteiger partial charge in [-0.1, -0.05) is 40.2 Å². The minimum Gasteiger partial charge on any atom is -0.365 e. The van der Waals surface area contributed by atoms with Crippen molar-refractivity contribution >= 4 is 11.7 Å². The molecule has 0 aliphatic rings. The number of nitrogens with zero attached hydrogens (tertiary/aromatic N) is 5. The minimum atomic E-state index is 0.172. The molecule has 0 unspecified atom stereocenters. The van der Waals surface area contributed by atoms with Gasteiger partial charge in [0.05, 0.1) is 5.71 Å². The molecular weight excluding hydrogens is 192 g/mol. The van der Waals surface area contributed by atoms with Crippen LogP contribution in [0, 0.1) is 0 Å². The number of aromatic nitrogens is 4. The monoisotopic (exact) mass is 202 g/mol. The van der Waals surface area contributed by atoms with Crippen molar-refractivity contribution in [2.45, 2.75) is 6.92 Å². The fourth-order valence-electron chi connectivity index (χ4n) is 1.14. The maximum atomic E-state index is 5.49. The SMILES string of the molecule is CC(=Nn1nnnc1N)c1ccccc1. The fraction of sp³-hybridized carbons (Fsp3) is 0.111. The van der Waals surface area contributed by atoms with Gasteiger partial charge < -0.3 is 5.73 Å². The molecule has 76 valence electrons. The predicted octanol–water partition coefficient (Wildman–Crippen LogP) is 0.528. The lowest BCUT2D eigenvalue weighted by molar-refractivity contribution is 0.696. The van der Waals surface area contributed by atoms with Gasteiger partial charge in [0.25, 0.3) is 5.95 Å². The zero-order chi connectivity index (χ0) is 10.7. The quantitative estimate of drug-likeness (QED) is 0.720. The van der Waals surface area contributed by atoms with Crippen LogP contribution in [-0.2, 0) is 0 Å². The third kappa shape index (κ3) is 1.98. The number of hydrogen-bond acceptors (Lipinski definition) is 5. The highest BCUT2D eigenvalue weighted by Crippen LogP contribution is 2.02. The summed E-state index contributed by atoms with van der Waals surface area (Å²) in [6.07, 6.45) is 0. The Hall–Kier alpha value is -2.24. The molecule has 15 heavy (non-hydrogen) atoms. The van der Waals surface area contributed by atoms with Crippen LogP contribution in [0.3, 0.4) is 0 Å². The Morgan fingerprint density at radius 2 is 2.07 bits per heavy atom. The predicted molar refractivity (Wildman–Crippen MR) is 56.3 cm³/mol. The fourth-order valence-corrected chi connectivity index (χ4v) is 1.14. The Morgan fingerprint density at radius 1 is 1.33 bits per heavy atom. The number of rotatable bonds is 2. The number of nitrogen functional groups attached to an aromatic ring is 1. The van der Waals surface area contributed by atoms with Crippen molar-refractivity contribution in [3.8, 4) is 0 Å². The molecule has 2 rings (SSSR count). The summed E-state index contributed by atoms with van der Waals surface area (Å²) in [4.78, 5) is 1.20. The van der Waals surface area contributed by atoms with Crippen molar-refractivity contribution in [1.82, 2.24) is 20.3 Å². The van der Waals surface area contributed by atoms with E-state index in [1.807, 2.05) is 37.3 Å². The van der Waals surface area contributed by atoms with Gasteiger partial charge in [-0.2, -0.15) is 5.10 Å². The van der Waals surface area contributed by atoms with Crippen molar-refractivity contribution in [1.29, 1.82) is 0 Å². The zero-order valence-corrected chi connectivity index (χ0v) is 8.20. The van der Waals surface area contributed by atoms with Crippen LogP contribution in [0.25, 0.3) is 0 Å². The first kappa shape index (κ1) is 9.32. The van der Waals surface area contributed by atoms with E-state index < -0.39 is 0 Å². The summed E-state index contributed by atoms with van der Waals surface area (Å²) in [6.45, 7) is 1.87. The van der Waals surface area contributed by atoms with Crippen molar-refractivity contribution in [2.24, 2.45) is 5.10 Å². The summed E-state index contributed by atoms with van der Waals surface area (Å²) in [5.41, 5.74) is 7.29. The van der Waals surface area contributed by atoms with E-state index in [1.165, 1.54) is 4.79 Å². The first-order valence-electron chi connectivity index (χ1n) is 4.42. The maximum Gasteiger partial charge on any atom is 0.263 e. The van der Waals surface area contributed by atoms with Crippen LogP contribution in [0.5, 0.6) is 0 Å². The third-order valence-electron chi connectivity index (χ3n) is 1.91. The second-order valence-electron chi connectivity index (χ2n) is 2.98. The second-order valence-corrected chi connectivity index (χ2v) is 2.98. The van der Waals surface area contributed by atoms with E-state index in [2.05, 4.69) is 20.6 Å². The van der Waals surface area contributed by atoms with E-state index in [0.29, 0.717) is 0 Å². The topological polar surface area (TPSA) is 82.0 Å². The molecule has 0 fully saturated rings. The van der Waals surface area contributed by atoms with Gasteiger partial charge in [0.1, 0.15) is 0 Å². The average Bonchev–Trinajstić information content (AvgIpc) is 2.66. The van der Waals surface area contributed by atoms with Crippen LogP contribution in [-0.4, -0.2) is 26.0 Å². The van der Waals surface area contributed by atoms with E-state index in [0.717, 1.165) is 11.3 Å². The van der Waals surface area contributed by atoms with Crippen LogP contribution in [0.4, 0.5) is 5.95 Å². The average molecular weight is 202 g/mol. The molecule has 0 atom stereocenters. The standard InChI is InChI=1S/C9H10N6/c1-7(8-5-3-2-4-6-8)12-15-9(10)11-13-14-15/h2-6H,1H3,(H2,10,11,14). The molecule has 2 aromatic rings. The Bertz CT molecular complexity index is 472. The molecule has 0 radical (unpaired) electrons. The van der Waals surface area contributed by atoms with E-state index in [1.54, 1.807) is 0 Å².